The number of aldehydes is 1. The van der Waals surface area contributed by atoms with Gasteiger partial charge in [0.15, 0.2) is 5.78 Å². The molecular formula is C9H14O2. The van der Waals surface area contributed by atoms with Crippen LogP contribution >= 0.6 is 0 Å². The van der Waals surface area contributed by atoms with E-state index in [4.69, 9.17) is 1.37 Å². The standard InChI is InChI=1S/C9H14O2/c1-2-3-4-6-9(11)7-5-8-10/h5,7-8H,2-4,6H2,1H3/b7-5+/i5D. The molecule has 0 amide bonds. The molecule has 0 atom stereocenters. The molecule has 11 heavy (non-hydrogen) atoms. The molecule has 0 aromatic carbocycles. The van der Waals surface area contributed by atoms with Gasteiger partial charge in [0.2, 0.25) is 0 Å². The molecular weight excluding hydrogens is 140 g/mol. The number of rotatable bonds is 6. The highest BCUT2D eigenvalue weighted by Gasteiger charge is 1.94. The zero-order valence-electron chi connectivity index (χ0n) is 7.80. The van der Waals surface area contributed by atoms with Crippen LogP contribution in [0.5, 0.6) is 0 Å². The summed E-state index contributed by atoms with van der Waals surface area (Å²) in [5, 5.41) is 0. The van der Waals surface area contributed by atoms with Gasteiger partial charge in [0.25, 0.3) is 0 Å². The van der Waals surface area contributed by atoms with Crippen molar-refractivity contribution < 1.29 is 11.0 Å². The van der Waals surface area contributed by atoms with Crippen molar-refractivity contribution in [1.29, 1.82) is 0 Å². The molecule has 0 N–H and O–H groups in total. The zero-order chi connectivity index (χ0) is 9.40. The smallest absolute Gasteiger partial charge is 0.155 e. The summed E-state index contributed by atoms with van der Waals surface area (Å²) in [4.78, 5) is 20.9. The lowest BCUT2D eigenvalue weighted by Gasteiger charge is -1.92. The summed E-state index contributed by atoms with van der Waals surface area (Å²) in [5.74, 6) is -0.124. The van der Waals surface area contributed by atoms with Gasteiger partial charge >= 0.3 is 0 Å². The summed E-state index contributed by atoms with van der Waals surface area (Å²) in [6, 6.07) is -0.239. The Balaban J connectivity index is 3.66. The summed E-state index contributed by atoms with van der Waals surface area (Å²) in [6.45, 7) is 2.06. The van der Waals surface area contributed by atoms with Gasteiger partial charge in [-0.15, -0.1) is 0 Å². The van der Waals surface area contributed by atoms with Crippen molar-refractivity contribution >= 4 is 12.1 Å². The summed E-state index contributed by atoms with van der Waals surface area (Å²) in [7, 11) is 0. The number of unbranched alkanes of at least 4 members (excludes halogenated alkanes) is 2. The van der Waals surface area contributed by atoms with Crippen molar-refractivity contribution in [2.75, 3.05) is 0 Å². The van der Waals surface area contributed by atoms with Crippen LogP contribution in [0.1, 0.15) is 34.0 Å². The normalized spacial score (nSPS) is 12.5. The third kappa shape index (κ3) is 6.97. The molecule has 0 unspecified atom stereocenters. The molecule has 0 aliphatic carbocycles. The number of ketones is 1. The van der Waals surface area contributed by atoms with Gasteiger partial charge in [0, 0.05) is 6.42 Å². The number of hydrogen-bond donors (Lipinski definition) is 0. The summed E-state index contributed by atoms with van der Waals surface area (Å²) < 4.78 is 6.90. The molecule has 0 aromatic rings. The van der Waals surface area contributed by atoms with Crippen molar-refractivity contribution in [1.82, 2.24) is 0 Å². The Bertz CT molecular complexity index is 185. The Kier molecular flexibility index (Phi) is 5.35. The molecule has 0 saturated heterocycles. The number of allylic oxidation sites excluding steroid dienone is 2. The van der Waals surface area contributed by atoms with Crippen molar-refractivity contribution in [3.63, 3.8) is 0 Å². The van der Waals surface area contributed by atoms with Crippen molar-refractivity contribution in [3.05, 3.63) is 12.1 Å². The molecule has 0 rings (SSSR count). The molecule has 0 aliphatic rings. The van der Waals surface area contributed by atoms with Crippen LogP contribution in [-0.4, -0.2) is 12.1 Å². The maximum atomic E-state index is 10.9. The molecule has 0 aliphatic heterocycles. The lowest BCUT2D eigenvalue weighted by molar-refractivity contribution is -0.115. The molecule has 0 saturated carbocycles. The Labute approximate surface area is 68.7 Å². The van der Waals surface area contributed by atoms with Crippen molar-refractivity contribution in [3.8, 4) is 0 Å². The molecule has 2 heteroatoms. The van der Waals surface area contributed by atoms with Crippen molar-refractivity contribution in [2.24, 2.45) is 0 Å². The highest BCUT2D eigenvalue weighted by atomic mass is 16.1. The largest absolute Gasteiger partial charge is 0.299 e. The Morgan fingerprint density at radius 3 is 2.82 bits per heavy atom. The highest BCUT2D eigenvalue weighted by molar-refractivity contribution is 5.92. The summed E-state index contributed by atoms with van der Waals surface area (Å²) in [6.07, 6.45) is 4.84. The van der Waals surface area contributed by atoms with Crippen LogP contribution in [-0.2, 0) is 9.59 Å². The van der Waals surface area contributed by atoms with E-state index in [1.165, 1.54) is 0 Å². The van der Waals surface area contributed by atoms with E-state index in [0.717, 1.165) is 25.3 Å². The van der Waals surface area contributed by atoms with Crippen molar-refractivity contribution in [2.45, 2.75) is 32.6 Å². The van der Waals surface area contributed by atoms with E-state index in [1.807, 2.05) is 0 Å². The topological polar surface area (TPSA) is 34.1 Å². The lowest BCUT2D eigenvalue weighted by atomic mass is 10.1. The zero-order valence-corrected chi connectivity index (χ0v) is 6.80. The molecule has 0 bridgehead atoms. The lowest BCUT2D eigenvalue weighted by Crippen LogP contribution is -1.91. The van der Waals surface area contributed by atoms with E-state index < -0.39 is 0 Å². The molecule has 0 aromatic heterocycles. The Morgan fingerprint density at radius 1 is 1.55 bits per heavy atom. The fourth-order valence-corrected chi connectivity index (χ4v) is 0.748. The molecule has 0 spiro atoms. The third-order valence-corrected chi connectivity index (χ3v) is 1.34. The maximum Gasteiger partial charge on any atom is 0.155 e. The summed E-state index contributed by atoms with van der Waals surface area (Å²) in [5.41, 5.74) is 0. The van der Waals surface area contributed by atoms with Crippen LogP contribution in [0.4, 0.5) is 0 Å². The van der Waals surface area contributed by atoms with Crippen LogP contribution < -0.4 is 0 Å². The molecule has 0 radical (unpaired) electrons. The van der Waals surface area contributed by atoms with E-state index in [2.05, 4.69) is 6.92 Å². The van der Waals surface area contributed by atoms with Gasteiger partial charge in [0.1, 0.15) is 6.29 Å². The molecule has 0 fully saturated rings. The van der Waals surface area contributed by atoms with Crippen LogP contribution in [0.2, 0.25) is 0 Å². The average molecular weight is 155 g/mol. The van der Waals surface area contributed by atoms with E-state index >= 15 is 0 Å². The second kappa shape index (κ2) is 7.19. The summed E-state index contributed by atoms with van der Waals surface area (Å²) >= 11 is 0. The number of carbonyl (C=O) groups excluding carboxylic acids is 2. The van der Waals surface area contributed by atoms with Gasteiger partial charge in [-0.25, -0.2) is 0 Å². The molecule has 0 heterocycles. The van der Waals surface area contributed by atoms with Crippen LogP contribution in [0, 0.1) is 0 Å². The van der Waals surface area contributed by atoms with Crippen LogP contribution in [0.25, 0.3) is 0 Å². The first-order chi connectivity index (χ1) is 5.70. The second-order valence-electron chi connectivity index (χ2n) is 2.35. The van der Waals surface area contributed by atoms with Gasteiger partial charge < -0.3 is 0 Å². The number of carbonyl (C=O) groups is 2. The predicted molar refractivity (Wildman–Crippen MR) is 44.4 cm³/mol. The van der Waals surface area contributed by atoms with Crippen LogP contribution in [0.3, 0.4) is 0 Å². The minimum Gasteiger partial charge on any atom is -0.299 e. The first-order valence-corrected chi connectivity index (χ1v) is 3.87. The van der Waals surface area contributed by atoms with E-state index in [9.17, 15) is 9.59 Å². The molecule has 62 valence electrons. The SMILES string of the molecule is [2H]/C(C=O)=C\C(=O)CCCCC. The second-order valence-corrected chi connectivity index (χ2v) is 2.35. The van der Waals surface area contributed by atoms with E-state index in [0.29, 0.717) is 12.7 Å². The van der Waals surface area contributed by atoms with Gasteiger partial charge in [0.05, 0.1) is 1.37 Å². The fraction of sp³-hybridized carbons (Fsp3) is 0.556. The minimum absolute atomic E-state index is 0.124. The third-order valence-electron chi connectivity index (χ3n) is 1.34. The average Bonchev–Trinajstić information content (AvgIpc) is 2.05. The maximum absolute atomic E-state index is 10.9. The molecule has 2 nitrogen and oxygen atoms in total. The highest BCUT2D eigenvalue weighted by Crippen LogP contribution is 1.99. The van der Waals surface area contributed by atoms with Gasteiger partial charge in [-0.2, -0.15) is 0 Å². The van der Waals surface area contributed by atoms with E-state index in [1.54, 1.807) is 0 Å². The fourth-order valence-electron chi connectivity index (χ4n) is 0.748. The predicted octanol–water partition coefficient (Wildman–Crippen LogP) is 1.89. The number of hydrogen-bond acceptors (Lipinski definition) is 2. The quantitative estimate of drug-likeness (QED) is 0.333. The first kappa shape index (κ1) is 8.18. The van der Waals surface area contributed by atoms with Crippen LogP contribution in [0.15, 0.2) is 12.1 Å². The van der Waals surface area contributed by atoms with Gasteiger partial charge in [-0.3, -0.25) is 9.59 Å². The Hall–Kier alpha value is -0.920. The minimum atomic E-state index is -0.239. The van der Waals surface area contributed by atoms with E-state index in [-0.39, 0.29) is 11.8 Å². The van der Waals surface area contributed by atoms with Gasteiger partial charge in [-0.1, -0.05) is 19.8 Å². The Morgan fingerprint density at radius 2 is 2.27 bits per heavy atom. The first-order valence-electron chi connectivity index (χ1n) is 4.37. The van der Waals surface area contributed by atoms with Gasteiger partial charge in [-0.05, 0) is 18.5 Å². The monoisotopic (exact) mass is 155 g/mol.